The van der Waals surface area contributed by atoms with Crippen molar-refractivity contribution in [3.63, 3.8) is 0 Å². The van der Waals surface area contributed by atoms with Crippen LogP contribution >= 0.6 is 0 Å². The summed E-state index contributed by atoms with van der Waals surface area (Å²) in [6, 6.07) is 15.6. The van der Waals surface area contributed by atoms with E-state index in [0.717, 1.165) is 40.8 Å². The van der Waals surface area contributed by atoms with Crippen LogP contribution in [0.15, 0.2) is 67.1 Å². The van der Waals surface area contributed by atoms with Crippen molar-refractivity contribution in [3.8, 4) is 0 Å². The molecule has 1 saturated heterocycles. The van der Waals surface area contributed by atoms with Crippen molar-refractivity contribution in [3.05, 3.63) is 84.2 Å². The number of likely N-dealkylation sites (tertiary alicyclic amines) is 1. The van der Waals surface area contributed by atoms with Crippen molar-refractivity contribution in [2.24, 2.45) is 0 Å². The van der Waals surface area contributed by atoms with Crippen LogP contribution in [0, 0.1) is 6.92 Å². The smallest absolute Gasteiger partial charge is 0.273 e. The van der Waals surface area contributed by atoms with Crippen molar-refractivity contribution in [2.45, 2.75) is 25.7 Å². The molecule has 0 unspecified atom stereocenters. The number of nitrogens with zero attached hydrogens (tertiary/aromatic N) is 5. The molecule has 0 bridgehead atoms. The molecule has 0 atom stereocenters. The highest BCUT2D eigenvalue weighted by molar-refractivity contribution is 6.05. The van der Waals surface area contributed by atoms with Crippen molar-refractivity contribution < 1.29 is 4.79 Å². The zero-order valence-corrected chi connectivity index (χ0v) is 17.9. The second kappa shape index (κ2) is 8.70. The number of aromatic nitrogens is 4. The third kappa shape index (κ3) is 4.14. The SMILES string of the molecule is Cc1cccc(Nc2cncc(C3CCN(C(=O)c4nccc5ccccc45)CC3)n2)n1. The normalized spacial score (nSPS) is 14.5. The van der Waals surface area contributed by atoms with E-state index >= 15 is 0 Å². The minimum atomic E-state index is -0.00715. The summed E-state index contributed by atoms with van der Waals surface area (Å²) in [6.07, 6.45) is 6.93. The predicted molar refractivity (Wildman–Crippen MR) is 124 cm³/mol. The molecule has 5 rings (SSSR count). The van der Waals surface area contributed by atoms with Gasteiger partial charge in [-0.1, -0.05) is 30.3 Å². The summed E-state index contributed by atoms with van der Waals surface area (Å²) in [5, 5.41) is 5.16. The van der Waals surface area contributed by atoms with Gasteiger partial charge < -0.3 is 10.2 Å². The number of rotatable bonds is 4. The van der Waals surface area contributed by atoms with E-state index in [0.29, 0.717) is 24.6 Å². The lowest BCUT2D eigenvalue weighted by Crippen LogP contribution is -2.38. The minimum absolute atomic E-state index is 0.00715. The maximum absolute atomic E-state index is 13.2. The monoisotopic (exact) mass is 424 g/mol. The van der Waals surface area contributed by atoms with Crippen LogP contribution in [0.1, 0.15) is 40.6 Å². The highest BCUT2D eigenvalue weighted by Crippen LogP contribution is 2.29. The molecule has 3 aromatic heterocycles. The maximum atomic E-state index is 13.2. The van der Waals surface area contributed by atoms with Crippen molar-refractivity contribution in [1.82, 2.24) is 24.8 Å². The average molecular weight is 425 g/mol. The van der Waals surface area contributed by atoms with Crippen LogP contribution in [0.5, 0.6) is 0 Å². The maximum Gasteiger partial charge on any atom is 0.273 e. The summed E-state index contributed by atoms with van der Waals surface area (Å²) in [4.78, 5) is 33.0. The molecule has 1 amide bonds. The van der Waals surface area contributed by atoms with E-state index in [9.17, 15) is 4.79 Å². The van der Waals surface area contributed by atoms with E-state index in [4.69, 9.17) is 4.98 Å². The fourth-order valence-corrected chi connectivity index (χ4v) is 4.20. The van der Waals surface area contributed by atoms with E-state index in [1.54, 1.807) is 12.4 Å². The zero-order valence-electron chi connectivity index (χ0n) is 17.9. The lowest BCUT2D eigenvalue weighted by Gasteiger charge is -2.31. The Hall–Kier alpha value is -3.87. The molecule has 1 aliphatic rings. The number of fused-ring (bicyclic) bond motifs is 1. The number of piperidine rings is 1. The van der Waals surface area contributed by atoms with Gasteiger partial charge in [-0.3, -0.25) is 14.8 Å². The van der Waals surface area contributed by atoms with E-state index in [1.165, 1.54) is 0 Å². The molecule has 1 fully saturated rings. The zero-order chi connectivity index (χ0) is 21.9. The highest BCUT2D eigenvalue weighted by atomic mass is 16.2. The Balaban J connectivity index is 1.27. The molecule has 4 heterocycles. The first-order valence-corrected chi connectivity index (χ1v) is 10.8. The Bertz CT molecular complexity index is 1260. The fraction of sp³-hybridized carbons (Fsp3) is 0.240. The van der Waals surface area contributed by atoms with Crippen molar-refractivity contribution >= 4 is 28.3 Å². The van der Waals surface area contributed by atoms with E-state index in [1.807, 2.05) is 66.6 Å². The van der Waals surface area contributed by atoms with Gasteiger partial charge in [0.25, 0.3) is 5.91 Å². The average Bonchev–Trinajstić information content (AvgIpc) is 2.83. The van der Waals surface area contributed by atoms with Crippen LogP contribution in [-0.4, -0.2) is 43.8 Å². The number of carbonyl (C=O) groups is 1. The molecule has 1 aliphatic heterocycles. The third-order valence-corrected chi connectivity index (χ3v) is 5.87. The van der Waals surface area contributed by atoms with Gasteiger partial charge in [-0.2, -0.15) is 0 Å². The lowest BCUT2D eigenvalue weighted by atomic mass is 9.93. The first-order chi connectivity index (χ1) is 15.7. The molecule has 0 aliphatic carbocycles. The number of benzene rings is 1. The Morgan fingerprint density at radius 1 is 0.969 bits per heavy atom. The van der Waals surface area contributed by atoms with Crippen LogP contribution in [-0.2, 0) is 0 Å². The van der Waals surface area contributed by atoms with E-state index in [-0.39, 0.29) is 11.8 Å². The van der Waals surface area contributed by atoms with E-state index in [2.05, 4.69) is 20.3 Å². The number of amides is 1. The Morgan fingerprint density at radius 2 is 1.81 bits per heavy atom. The molecule has 32 heavy (non-hydrogen) atoms. The van der Waals surface area contributed by atoms with Crippen LogP contribution in [0.25, 0.3) is 10.8 Å². The predicted octanol–water partition coefficient (Wildman–Crippen LogP) is 4.49. The molecule has 7 heteroatoms. The number of anilines is 2. The summed E-state index contributed by atoms with van der Waals surface area (Å²) in [5.74, 6) is 1.69. The summed E-state index contributed by atoms with van der Waals surface area (Å²) in [7, 11) is 0. The first kappa shape index (κ1) is 20.1. The Morgan fingerprint density at radius 3 is 2.66 bits per heavy atom. The number of aryl methyl sites for hydroxylation is 1. The van der Waals surface area contributed by atoms with Crippen LogP contribution in [0.2, 0.25) is 0 Å². The number of hydrogen-bond donors (Lipinski definition) is 1. The second-order valence-electron chi connectivity index (χ2n) is 8.07. The van der Waals surface area contributed by atoms with Gasteiger partial charge in [-0.05, 0) is 43.4 Å². The quantitative estimate of drug-likeness (QED) is 0.520. The molecule has 160 valence electrons. The fourth-order valence-electron chi connectivity index (χ4n) is 4.20. The van der Waals surface area contributed by atoms with Gasteiger partial charge in [0.05, 0.1) is 11.9 Å². The number of pyridine rings is 2. The van der Waals surface area contributed by atoms with Gasteiger partial charge in [0.2, 0.25) is 0 Å². The van der Waals surface area contributed by atoms with Gasteiger partial charge in [0.1, 0.15) is 17.3 Å². The molecule has 0 radical (unpaired) electrons. The van der Waals surface area contributed by atoms with E-state index < -0.39 is 0 Å². The topological polar surface area (TPSA) is 83.9 Å². The first-order valence-electron chi connectivity index (χ1n) is 10.8. The van der Waals surface area contributed by atoms with Crippen molar-refractivity contribution in [2.75, 3.05) is 18.4 Å². The highest BCUT2D eigenvalue weighted by Gasteiger charge is 2.27. The molecule has 7 nitrogen and oxygen atoms in total. The van der Waals surface area contributed by atoms with Gasteiger partial charge in [0, 0.05) is 42.5 Å². The van der Waals surface area contributed by atoms with Gasteiger partial charge >= 0.3 is 0 Å². The second-order valence-corrected chi connectivity index (χ2v) is 8.07. The van der Waals surface area contributed by atoms with Crippen LogP contribution in [0.3, 0.4) is 0 Å². The summed E-state index contributed by atoms with van der Waals surface area (Å²) >= 11 is 0. The van der Waals surface area contributed by atoms with Crippen LogP contribution < -0.4 is 5.32 Å². The molecule has 1 N–H and O–H groups in total. The summed E-state index contributed by atoms with van der Waals surface area (Å²) in [6.45, 7) is 3.30. The molecule has 4 aromatic rings. The molecule has 0 spiro atoms. The summed E-state index contributed by atoms with van der Waals surface area (Å²) in [5.41, 5.74) is 2.41. The van der Waals surface area contributed by atoms with Crippen LogP contribution in [0.4, 0.5) is 11.6 Å². The third-order valence-electron chi connectivity index (χ3n) is 5.87. The van der Waals surface area contributed by atoms with Gasteiger partial charge in [-0.15, -0.1) is 0 Å². The van der Waals surface area contributed by atoms with Gasteiger partial charge in [-0.25, -0.2) is 9.97 Å². The molecular weight excluding hydrogens is 400 g/mol. The largest absolute Gasteiger partial charge is 0.337 e. The standard InChI is InChI=1S/C25H24N6O/c1-17-5-4-8-22(28-17)30-23-16-26-15-21(29-23)19-10-13-31(14-11-19)25(32)24-20-7-3-2-6-18(20)9-12-27-24/h2-9,12,15-16,19H,10-11,13-14H2,1H3,(H,28,29,30). The number of nitrogens with one attached hydrogen (secondary N) is 1. The van der Waals surface area contributed by atoms with Gasteiger partial charge in [0.15, 0.2) is 0 Å². The Labute approximate surface area is 186 Å². The van der Waals surface area contributed by atoms with Crippen molar-refractivity contribution in [1.29, 1.82) is 0 Å². The molecule has 0 saturated carbocycles. The number of hydrogen-bond acceptors (Lipinski definition) is 6. The number of carbonyl (C=O) groups excluding carboxylic acids is 1. The Kier molecular flexibility index (Phi) is 5.46. The molecular formula is C25H24N6O. The molecule has 1 aromatic carbocycles. The lowest BCUT2D eigenvalue weighted by molar-refractivity contribution is 0.0708. The minimum Gasteiger partial charge on any atom is -0.337 e. The summed E-state index contributed by atoms with van der Waals surface area (Å²) < 4.78 is 0.